The zero-order chi connectivity index (χ0) is 16.9. The van der Waals surface area contributed by atoms with Crippen LogP contribution in [0.1, 0.15) is 44.7 Å². The second-order valence-electron chi connectivity index (χ2n) is 7.05. The highest BCUT2D eigenvalue weighted by Crippen LogP contribution is 2.28. The van der Waals surface area contributed by atoms with Gasteiger partial charge in [0.2, 0.25) is 5.91 Å². The lowest BCUT2D eigenvalue weighted by atomic mass is 9.87. The normalized spacial score (nSPS) is 14.7. The van der Waals surface area contributed by atoms with E-state index in [0.717, 1.165) is 18.4 Å². The predicted molar refractivity (Wildman–Crippen MR) is 90.9 cm³/mol. The molecule has 1 saturated carbocycles. The average Bonchev–Trinajstić information content (AvgIpc) is 3.32. The highest BCUT2D eigenvalue weighted by Gasteiger charge is 2.22. The van der Waals surface area contributed by atoms with E-state index in [1.165, 1.54) is 11.6 Å². The molecule has 1 fully saturated rings. The van der Waals surface area contributed by atoms with E-state index < -0.39 is 0 Å². The van der Waals surface area contributed by atoms with Crippen LogP contribution in [0.4, 0.5) is 0 Å². The van der Waals surface area contributed by atoms with Crippen molar-refractivity contribution in [2.75, 3.05) is 13.2 Å². The molecule has 0 heterocycles. The van der Waals surface area contributed by atoms with E-state index >= 15 is 0 Å². The van der Waals surface area contributed by atoms with Gasteiger partial charge in [-0.05, 0) is 41.4 Å². The predicted octanol–water partition coefficient (Wildman–Crippen LogP) is 3.07. The summed E-state index contributed by atoms with van der Waals surface area (Å²) in [6.45, 7) is 6.87. The fraction of sp³-hybridized carbons (Fsp3) is 0.474. The number of hydrogen-bond donors (Lipinski definition) is 1. The lowest BCUT2D eigenvalue weighted by Gasteiger charge is -2.18. The quantitative estimate of drug-likeness (QED) is 0.648. The van der Waals surface area contributed by atoms with Gasteiger partial charge in [-0.15, -0.1) is 0 Å². The summed E-state index contributed by atoms with van der Waals surface area (Å²) < 4.78 is 5.05. The van der Waals surface area contributed by atoms with Crippen molar-refractivity contribution in [2.24, 2.45) is 5.92 Å². The Hall–Kier alpha value is -2.10. The maximum absolute atomic E-state index is 11.7. The number of rotatable bonds is 6. The number of esters is 1. The molecule has 0 aliphatic heterocycles. The van der Waals surface area contributed by atoms with E-state index in [0.29, 0.717) is 12.5 Å². The zero-order valence-corrected chi connectivity index (χ0v) is 14.1. The Morgan fingerprint density at radius 2 is 1.87 bits per heavy atom. The molecule has 1 aliphatic carbocycles. The van der Waals surface area contributed by atoms with Crippen LogP contribution in [0.3, 0.4) is 0 Å². The topological polar surface area (TPSA) is 55.4 Å². The highest BCUT2D eigenvalue weighted by atomic mass is 16.5. The van der Waals surface area contributed by atoms with Gasteiger partial charge in [0.25, 0.3) is 0 Å². The van der Waals surface area contributed by atoms with Crippen molar-refractivity contribution in [1.29, 1.82) is 0 Å². The van der Waals surface area contributed by atoms with E-state index in [4.69, 9.17) is 4.74 Å². The van der Waals surface area contributed by atoms with E-state index in [1.807, 2.05) is 12.1 Å². The number of ether oxygens (including phenoxy) is 1. The summed E-state index contributed by atoms with van der Waals surface area (Å²) in [5.74, 6) is -0.146. The summed E-state index contributed by atoms with van der Waals surface area (Å²) in [6.07, 6.45) is 5.43. The van der Waals surface area contributed by atoms with Crippen LogP contribution in [0.15, 0.2) is 30.3 Å². The van der Waals surface area contributed by atoms with Crippen molar-refractivity contribution in [1.82, 2.24) is 5.32 Å². The Kier molecular flexibility index (Phi) is 5.59. The Morgan fingerprint density at radius 3 is 2.43 bits per heavy atom. The van der Waals surface area contributed by atoms with Gasteiger partial charge in [-0.1, -0.05) is 45.0 Å². The highest BCUT2D eigenvalue weighted by molar-refractivity contribution is 5.93. The third-order valence-corrected chi connectivity index (χ3v) is 3.79. The second kappa shape index (κ2) is 7.44. The molecule has 124 valence electrons. The van der Waals surface area contributed by atoms with E-state index in [9.17, 15) is 9.59 Å². The summed E-state index contributed by atoms with van der Waals surface area (Å²) in [4.78, 5) is 23.1. The molecular weight excluding hydrogens is 290 g/mol. The van der Waals surface area contributed by atoms with Gasteiger partial charge in [-0.25, -0.2) is 0 Å². The Balaban J connectivity index is 1.75. The molecule has 0 atom stereocenters. The van der Waals surface area contributed by atoms with Crippen LogP contribution in [0.5, 0.6) is 0 Å². The Bertz CT molecular complexity index is 578. The third-order valence-electron chi connectivity index (χ3n) is 3.79. The minimum absolute atomic E-state index is 0.0845. The number of benzene rings is 1. The minimum Gasteiger partial charge on any atom is -0.464 e. The zero-order valence-electron chi connectivity index (χ0n) is 14.1. The van der Waals surface area contributed by atoms with E-state index in [2.05, 4.69) is 38.2 Å². The van der Waals surface area contributed by atoms with Crippen molar-refractivity contribution in [3.8, 4) is 0 Å². The molecular formula is C19H25NO3. The lowest BCUT2D eigenvalue weighted by Crippen LogP contribution is -2.29. The molecule has 1 N–H and O–H groups in total. The molecule has 0 spiro atoms. The van der Waals surface area contributed by atoms with Gasteiger partial charge in [0.1, 0.15) is 6.54 Å². The molecule has 2 rings (SSSR count). The molecule has 23 heavy (non-hydrogen) atoms. The number of carbonyl (C=O) groups excluding carboxylic acids is 2. The number of hydrogen-bond acceptors (Lipinski definition) is 3. The summed E-state index contributed by atoms with van der Waals surface area (Å²) in [5.41, 5.74) is 2.31. The summed E-state index contributed by atoms with van der Waals surface area (Å²) >= 11 is 0. The van der Waals surface area contributed by atoms with Crippen LogP contribution in [-0.4, -0.2) is 25.0 Å². The number of nitrogens with one attached hydrogen (secondary N) is 1. The smallest absolute Gasteiger partial charge is 0.325 e. The standard InChI is InChI=1S/C19H25NO3/c1-19(2,3)16-9-6-14(7-10-16)8-11-17(21)20-12-18(22)23-13-15-4-5-15/h6-11,15H,4-5,12-13H2,1-3H3,(H,20,21)/b11-8+. The van der Waals surface area contributed by atoms with Crippen molar-refractivity contribution >= 4 is 18.0 Å². The molecule has 0 radical (unpaired) electrons. The maximum Gasteiger partial charge on any atom is 0.325 e. The molecule has 0 bridgehead atoms. The van der Waals surface area contributed by atoms with E-state index in [-0.39, 0.29) is 23.8 Å². The first-order chi connectivity index (χ1) is 10.8. The van der Waals surface area contributed by atoms with Crippen molar-refractivity contribution in [3.63, 3.8) is 0 Å². The summed E-state index contributed by atoms with van der Waals surface area (Å²) in [6, 6.07) is 8.09. The Morgan fingerprint density at radius 1 is 1.22 bits per heavy atom. The molecule has 1 aromatic rings. The fourth-order valence-electron chi connectivity index (χ4n) is 2.03. The minimum atomic E-state index is -0.381. The number of carbonyl (C=O) groups is 2. The van der Waals surface area contributed by atoms with Crippen LogP contribution in [0.2, 0.25) is 0 Å². The number of amides is 1. The van der Waals surface area contributed by atoms with Crippen LogP contribution >= 0.6 is 0 Å². The summed E-state index contributed by atoms with van der Waals surface area (Å²) in [5, 5.41) is 2.53. The molecule has 4 heteroatoms. The molecule has 0 aromatic heterocycles. The molecule has 1 aromatic carbocycles. The average molecular weight is 315 g/mol. The van der Waals surface area contributed by atoms with Gasteiger partial charge < -0.3 is 10.1 Å². The van der Waals surface area contributed by atoms with Crippen molar-refractivity contribution in [3.05, 3.63) is 41.5 Å². The largest absolute Gasteiger partial charge is 0.464 e. The van der Waals surface area contributed by atoms with Crippen LogP contribution in [0, 0.1) is 5.92 Å². The second-order valence-corrected chi connectivity index (χ2v) is 7.05. The van der Waals surface area contributed by atoms with Crippen LogP contribution in [0.25, 0.3) is 6.08 Å². The lowest BCUT2D eigenvalue weighted by molar-refractivity contribution is -0.144. The fourth-order valence-corrected chi connectivity index (χ4v) is 2.03. The molecule has 4 nitrogen and oxygen atoms in total. The first-order valence-electron chi connectivity index (χ1n) is 8.06. The van der Waals surface area contributed by atoms with Gasteiger partial charge in [-0.3, -0.25) is 9.59 Å². The van der Waals surface area contributed by atoms with Crippen molar-refractivity contribution < 1.29 is 14.3 Å². The summed E-state index contributed by atoms with van der Waals surface area (Å²) in [7, 11) is 0. The van der Waals surface area contributed by atoms with E-state index in [1.54, 1.807) is 6.08 Å². The van der Waals surface area contributed by atoms with Crippen LogP contribution in [-0.2, 0) is 19.7 Å². The first kappa shape index (κ1) is 17.3. The first-order valence-corrected chi connectivity index (χ1v) is 8.06. The van der Waals surface area contributed by atoms with Gasteiger partial charge in [0.05, 0.1) is 6.61 Å². The molecule has 0 unspecified atom stereocenters. The molecule has 1 aliphatic rings. The Labute approximate surface area is 137 Å². The third kappa shape index (κ3) is 6.27. The molecule has 0 saturated heterocycles. The van der Waals surface area contributed by atoms with Crippen LogP contribution < -0.4 is 5.32 Å². The maximum atomic E-state index is 11.7. The monoisotopic (exact) mass is 315 g/mol. The molecule has 1 amide bonds. The van der Waals surface area contributed by atoms with Gasteiger partial charge >= 0.3 is 5.97 Å². The van der Waals surface area contributed by atoms with Gasteiger partial charge in [0, 0.05) is 6.08 Å². The van der Waals surface area contributed by atoms with Gasteiger partial charge in [-0.2, -0.15) is 0 Å². The van der Waals surface area contributed by atoms with Gasteiger partial charge in [0.15, 0.2) is 0 Å². The SMILES string of the molecule is CC(C)(C)c1ccc(/C=C/C(=O)NCC(=O)OCC2CC2)cc1. The van der Waals surface area contributed by atoms with Crippen molar-refractivity contribution in [2.45, 2.75) is 39.0 Å².